The summed E-state index contributed by atoms with van der Waals surface area (Å²) in [5.41, 5.74) is 0. The number of aliphatic imine (C=N–C) groups is 1. The van der Waals surface area contributed by atoms with Crippen LogP contribution in [0, 0.1) is 0 Å². The van der Waals surface area contributed by atoms with E-state index >= 15 is 0 Å². The minimum atomic E-state index is 0.121. The van der Waals surface area contributed by atoms with Crippen LogP contribution in [0.1, 0.15) is 52.9 Å². The van der Waals surface area contributed by atoms with Crippen molar-refractivity contribution in [2.75, 3.05) is 32.7 Å². The minimum absolute atomic E-state index is 0.121. The van der Waals surface area contributed by atoms with E-state index < -0.39 is 0 Å². The zero-order chi connectivity index (χ0) is 17.8. The van der Waals surface area contributed by atoms with E-state index in [1.165, 1.54) is 0 Å². The highest BCUT2D eigenvalue weighted by Crippen LogP contribution is 2.18. The number of amides is 2. The molecule has 0 bridgehead atoms. The predicted octanol–water partition coefficient (Wildman–Crippen LogP) is 0.859. The van der Waals surface area contributed by atoms with Gasteiger partial charge in [0.1, 0.15) is 0 Å². The van der Waals surface area contributed by atoms with Crippen molar-refractivity contribution in [3.63, 3.8) is 0 Å². The van der Waals surface area contributed by atoms with Crippen LogP contribution < -0.4 is 16.0 Å². The average molecular weight is 339 g/mol. The number of hydrogen-bond acceptors (Lipinski definition) is 3. The Morgan fingerprint density at radius 3 is 2.38 bits per heavy atom. The Morgan fingerprint density at radius 2 is 1.79 bits per heavy atom. The van der Waals surface area contributed by atoms with Gasteiger partial charge < -0.3 is 20.9 Å². The molecule has 1 aliphatic rings. The lowest BCUT2D eigenvalue weighted by molar-refractivity contribution is -0.130. The molecule has 0 aliphatic heterocycles. The Kier molecular flexibility index (Phi) is 9.88. The van der Waals surface area contributed by atoms with Gasteiger partial charge in [0.2, 0.25) is 11.8 Å². The predicted molar refractivity (Wildman–Crippen MR) is 96.9 cm³/mol. The summed E-state index contributed by atoms with van der Waals surface area (Å²) in [4.78, 5) is 29.8. The molecule has 0 aromatic heterocycles. The number of carbonyl (C=O) groups is 2. The van der Waals surface area contributed by atoms with Gasteiger partial charge in [0.05, 0.1) is 0 Å². The van der Waals surface area contributed by atoms with Crippen molar-refractivity contribution in [1.29, 1.82) is 0 Å². The number of nitrogens with one attached hydrogen (secondary N) is 3. The number of guanidine groups is 1. The maximum atomic E-state index is 12.0. The molecule has 0 aromatic rings. The Morgan fingerprint density at radius 1 is 1.08 bits per heavy atom. The van der Waals surface area contributed by atoms with E-state index in [0.29, 0.717) is 37.9 Å². The number of hydrogen-bond donors (Lipinski definition) is 3. The molecule has 0 radical (unpaired) electrons. The van der Waals surface area contributed by atoms with E-state index in [1.807, 2.05) is 25.7 Å². The molecule has 0 spiro atoms. The molecular weight excluding hydrogens is 306 g/mol. The lowest BCUT2D eigenvalue weighted by atomic mass is 10.3. The van der Waals surface area contributed by atoms with Gasteiger partial charge in [0, 0.05) is 51.6 Å². The second kappa shape index (κ2) is 11.7. The van der Waals surface area contributed by atoms with Crippen LogP contribution in [0.25, 0.3) is 0 Å². The number of carbonyl (C=O) groups excluding carboxylic acids is 2. The molecule has 0 aromatic carbocycles. The van der Waals surface area contributed by atoms with Gasteiger partial charge in [-0.3, -0.25) is 14.6 Å². The highest BCUT2D eigenvalue weighted by atomic mass is 16.2. The summed E-state index contributed by atoms with van der Waals surface area (Å²) in [5, 5.41) is 9.31. The van der Waals surface area contributed by atoms with E-state index in [1.54, 1.807) is 0 Å². The molecule has 7 heteroatoms. The van der Waals surface area contributed by atoms with Crippen molar-refractivity contribution >= 4 is 17.8 Å². The lowest BCUT2D eigenvalue weighted by Gasteiger charge is -2.19. The zero-order valence-electron chi connectivity index (χ0n) is 15.4. The highest BCUT2D eigenvalue weighted by Gasteiger charge is 2.22. The molecule has 1 aliphatic carbocycles. The molecule has 0 saturated heterocycles. The Hall–Kier alpha value is -1.79. The van der Waals surface area contributed by atoms with Crippen LogP contribution in [0.3, 0.4) is 0 Å². The normalized spacial score (nSPS) is 14.2. The summed E-state index contributed by atoms with van der Waals surface area (Å²) in [6, 6.07) is 0.420. The van der Waals surface area contributed by atoms with Crippen LogP contribution >= 0.6 is 0 Å². The van der Waals surface area contributed by atoms with Crippen molar-refractivity contribution in [2.24, 2.45) is 4.99 Å². The molecule has 1 rings (SSSR count). The summed E-state index contributed by atoms with van der Waals surface area (Å²) < 4.78 is 0. The molecule has 1 saturated carbocycles. The third-order valence-corrected chi connectivity index (χ3v) is 3.87. The molecule has 2 amide bonds. The quantitative estimate of drug-likeness (QED) is 0.296. The van der Waals surface area contributed by atoms with Gasteiger partial charge >= 0.3 is 0 Å². The van der Waals surface area contributed by atoms with Gasteiger partial charge in [-0.25, -0.2) is 0 Å². The fraction of sp³-hybridized carbons (Fsp3) is 0.824. The first-order valence-corrected chi connectivity index (χ1v) is 9.19. The molecule has 3 N–H and O–H groups in total. The molecule has 7 nitrogen and oxygen atoms in total. The molecular formula is C17H33N5O2. The molecule has 0 heterocycles. The standard InChI is InChI=1S/C17H33N5O2/c1-4-18-17(20-13-11-16(24)22(5-2)6-3)19-12-7-8-15(23)21-14-9-10-14/h14H,4-13H2,1-3H3,(H,21,23)(H2,18,19,20). The first-order valence-electron chi connectivity index (χ1n) is 9.19. The largest absolute Gasteiger partial charge is 0.357 e. The van der Waals surface area contributed by atoms with E-state index in [9.17, 15) is 9.59 Å². The third kappa shape index (κ3) is 8.74. The molecule has 0 atom stereocenters. The van der Waals surface area contributed by atoms with Crippen molar-refractivity contribution in [3.8, 4) is 0 Å². The van der Waals surface area contributed by atoms with Crippen molar-refractivity contribution < 1.29 is 9.59 Å². The van der Waals surface area contributed by atoms with Crippen LogP contribution in [-0.4, -0.2) is 61.4 Å². The average Bonchev–Trinajstić information content (AvgIpc) is 3.36. The molecule has 0 unspecified atom stereocenters. The summed E-state index contributed by atoms with van der Waals surface area (Å²) in [6.07, 6.45) is 3.93. The maximum Gasteiger partial charge on any atom is 0.224 e. The molecule has 1 fully saturated rings. The summed E-state index contributed by atoms with van der Waals surface area (Å²) in [7, 11) is 0. The smallest absolute Gasteiger partial charge is 0.224 e. The topological polar surface area (TPSA) is 85.8 Å². The van der Waals surface area contributed by atoms with E-state index in [4.69, 9.17) is 0 Å². The molecule has 138 valence electrons. The first kappa shape index (κ1) is 20.3. The Balaban J connectivity index is 2.23. The fourth-order valence-electron chi connectivity index (χ4n) is 2.32. The second-order valence-corrected chi connectivity index (χ2v) is 5.95. The van der Waals surface area contributed by atoms with Gasteiger partial charge in [-0.05, 0) is 40.0 Å². The van der Waals surface area contributed by atoms with Gasteiger partial charge in [-0.1, -0.05) is 0 Å². The van der Waals surface area contributed by atoms with Crippen molar-refractivity contribution in [2.45, 2.75) is 58.9 Å². The highest BCUT2D eigenvalue weighted by molar-refractivity contribution is 5.81. The van der Waals surface area contributed by atoms with Crippen LogP contribution in [0.2, 0.25) is 0 Å². The van der Waals surface area contributed by atoms with Crippen LogP contribution in [0.4, 0.5) is 0 Å². The van der Waals surface area contributed by atoms with E-state index in [2.05, 4.69) is 20.9 Å². The number of rotatable bonds is 11. The van der Waals surface area contributed by atoms with Gasteiger partial charge in [-0.2, -0.15) is 0 Å². The monoisotopic (exact) mass is 339 g/mol. The van der Waals surface area contributed by atoms with Crippen molar-refractivity contribution in [3.05, 3.63) is 0 Å². The number of nitrogens with zero attached hydrogens (tertiary/aromatic N) is 2. The maximum absolute atomic E-state index is 12.0. The lowest BCUT2D eigenvalue weighted by Crippen LogP contribution is -2.40. The summed E-state index contributed by atoms with van der Waals surface area (Å²) in [5.74, 6) is 0.975. The van der Waals surface area contributed by atoms with E-state index in [-0.39, 0.29) is 11.8 Å². The Labute approximate surface area is 145 Å². The van der Waals surface area contributed by atoms with Crippen LogP contribution in [-0.2, 0) is 9.59 Å². The van der Waals surface area contributed by atoms with Crippen molar-refractivity contribution in [1.82, 2.24) is 20.9 Å². The summed E-state index contributed by atoms with van der Waals surface area (Å²) in [6.45, 7) is 9.37. The summed E-state index contributed by atoms with van der Waals surface area (Å²) >= 11 is 0. The third-order valence-electron chi connectivity index (χ3n) is 3.87. The zero-order valence-corrected chi connectivity index (χ0v) is 15.4. The Bertz CT molecular complexity index is 417. The first-order chi connectivity index (χ1) is 11.6. The van der Waals surface area contributed by atoms with Gasteiger partial charge in [0.15, 0.2) is 5.96 Å². The SMILES string of the molecule is CCNC(=NCCCC(=O)NC1CC1)NCCC(=O)N(CC)CC. The van der Waals surface area contributed by atoms with Crippen LogP contribution in [0.5, 0.6) is 0 Å². The fourth-order valence-corrected chi connectivity index (χ4v) is 2.32. The van der Waals surface area contributed by atoms with Gasteiger partial charge in [0.25, 0.3) is 0 Å². The minimum Gasteiger partial charge on any atom is -0.357 e. The van der Waals surface area contributed by atoms with Crippen LogP contribution in [0.15, 0.2) is 4.99 Å². The van der Waals surface area contributed by atoms with Gasteiger partial charge in [-0.15, -0.1) is 0 Å². The molecule has 24 heavy (non-hydrogen) atoms. The van der Waals surface area contributed by atoms with E-state index in [0.717, 1.165) is 38.9 Å². The second-order valence-electron chi connectivity index (χ2n) is 5.95.